The van der Waals surface area contributed by atoms with E-state index in [2.05, 4.69) is 34.7 Å². The van der Waals surface area contributed by atoms with Crippen molar-refractivity contribution in [2.75, 3.05) is 32.8 Å². The van der Waals surface area contributed by atoms with Crippen molar-refractivity contribution in [1.82, 2.24) is 20.9 Å². The highest BCUT2D eigenvalue weighted by molar-refractivity contribution is 14.0. The van der Waals surface area contributed by atoms with Gasteiger partial charge in [0.25, 0.3) is 5.91 Å². The summed E-state index contributed by atoms with van der Waals surface area (Å²) in [6, 6.07) is 8.74. The monoisotopic (exact) mass is 529 g/mol. The zero-order chi connectivity index (χ0) is 20.5. The van der Waals surface area contributed by atoms with E-state index in [0.29, 0.717) is 24.4 Å². The van der Waals surface area contributed by atoms with Crippen LogP contribution in [0.3, 0.4) is 0 Å². The second-order valence-corrected chi connectivity index (χ2v) is 7.78. The highest BCUT2D eigenvalue weighted by Crippen LogP contribution is 2.19. The van der Waals surface area contributed by atoms with Crippen LogP contribution in [0.4, 0.5) is 0 Å². The SMILES string of the molecule is CCNC(=NCc1cccc(OCC(=O)NC2CC2)c1)NCC1CCCN1CC.I. The third-order valence-corrected chi connectivity index (χ3v) is 5.39. The number of aliphatic imine (C=N–C) groups is 1. The molecule has 1 heterocycles. The van der Waals surface area contributed by atoms with Gasteiger partial charge in [-0.15, -0.1) is 24.0 Å². The topological polar surface area (TPSA) is 78.0 Å². The normalized spacial score (nSPS) is 19.1. The lowest BCUT2D eigenvalue weighted by molar-refractivity contribution is -0.123. The van der Waals surface area contributed by atoms with E-state index in [0.717, 1.165) is 44.0 Å². The van der Waals surface area contributed by atoms with Crippen LogP contribution in [0.15, 0.2) is 29.3 Å². The molecule has 1 unspecified atom stereocenters. The Morgan fingerprint density at radius 3 is 2.80 bits per heavy atom. The number of amides is 1. The Hall–Kier alpha value is -1.55. The van der Waals surface area contributed by atoms with E-state index in [1.54, 1.807) is 0 Å². The molecule has 7 nitrogen and oxygen atoms in total. The van der Waals surface area contributed by atoms with Gasteiger partial charge in [-0.3, -0.25) is 9.69 Å². The fraction of sp³-hybridized carbons (Fsp3) is 0.636. The molecule has 0 bridgehead atoms. The molecule has 168 valence electrons. The molecule has 3 N–H and O–H groups in total. The Bertz CT molecular complexity index is 696. The number of likely N-dealkylation sites (tertiary alicyclic amines) is 1. The van der Waals surface area contributed by atoms with Crippen LogP contribution < -0.4 is 20.7 Å². The molecular weight excluding hydrogens is 493 g/mol. The number of rotatable bonds is 10. The average Bonchev–Trinajstić information content (AvgIpc) is 3.42. The van der Waals surface area contributed by atoms with Crippen LogP contribution in [0.1, 0.15) is 45.1 Å². The average molecular weight is 529 g/mol. The number of guanidine groups is 1. The summed E-state index contributed by atoms with van der Waals surface area (Å²) >= 11 is 0. The highest BCUT2D eigenvalue weighted by atomic mass is 127. The molecule has 1 aliphatic heterocycles. The smallest absolute Gasteiger partial charge is 0.258 e. The van der Waals surface area contributed by atoms with E-state index in [1.165, 1.54) is 19.4 Å². The van der Waals surface area contributed by atoms with E-state index in [9.17, 15) is 4.79 Å². The van der Waals surface area contributed by atoms with E-state index < -0.39 is 0 Å². The van der Waals surface area contributed by atoms with Crippen LogP contribution in [-0.2, 0) is 11.3 Å². The summed E-state index contributed by atoms with van der Waals surface area (Å²) in [5, 5.41) is 9.75. The number of nitrogens with zero attached hydrogens (tertiary/aromatic N) is 2. The maximum atomic E-state index is 11.8. The molecule has 0 aromatic heterocycles. The molecule has 1 saturated heterocycles. The van der Waals surface area contributed by atoms with Gasteiger partial charge in [0, 0.05) is 25.2 Å². The maximum Gasteiger partial charge on any atom is 0.258 e. The van der Waals surface area contributed by atoms with Gasteiger partial charge < -0.3 is 20.7 Å². The molecule has 2 aliphatic rings. The first-order chi connectivity index (χ1) is 14.2. The van der Waals surface area contributed by atoms with Crippen molar-refractivity contribution in [3.8, 4) is 5.75 Å². The summed E-state index contributed by atoms with van der Waals surface area (Å²) < 4.78 is 5.63. The van der Waals surface area contributed by atoms with Crippen molar-refractivity contribution < 1.29 is 9.53 Å². The van der Waals surface area contributed by atoms with Gasteiger partial charge in [-0.25, -0.2) is 4.99 Å². The number of carbonyl (C=O) groups excluding carboxylic acids is 1. The number of hydrogen-bond donors (Lipinski definition) is 3. The first-order valence-electron chi connectivity index (χ1n) is 10.9. The van der Waals surface area contributed by atoms with Gasteiger partial charge in [-0.1, -0.05) is 19.1 Å². The largest absolute Gasteiger partial charge is 0.484 e. The first-order valence-corrected chi connectivity index (χ1v) is 10.9. The molecule has 1 aliphatic carbocycles. The fourth-order valence-corrected chi connectivity index (χ4v) is 3.65. The van der Waals surface area contributed by atoms with Crippen LogP contribution in [0.25, 0.3) is 0 Å². The van der Waals surface area contributed by atoms with Crippen molar-refractivity contribution in [3.05, 3.63) is 29.8 Å². The van der Waals surface area contributed by atoms with Crippen LogP contribution in [0.2, 0.25) is 0 Å². The number of nitrogens with one attached hydrogen (secondary N) is 3. The molecule has 30 heavy (non-hydrogen) atoms. The van der Waals surface area contributed by atoms with E-state index in [1.807, 2.05) is 24.3 Å². The Morgan fingerprint density at radius 2 is 2.07 bits per heavy atom. The number of likely N-dealkylation sites (N-methyl/N-ethyl adjacent to an activating group) is 1. The van der Waals surface area contributed by atoms with Gasteiger partial charge in [0.05, 0.1) is 6.54 Å². The molecule has 1 aromatic carbocycles. The molecule has 1 aromatic rings. The second kappa shape index (κ2) is 13.0. The summed E-state index contributed by atoms with van der Waals surface area (Å²) in [6.45, 7) is 8.96. The number of ether oxygens (including phenoxy) is 1. The van der Waals surface area contributed by atoms with Crippen LogP contribution >= 0.6 is 24.0 Å². The van der Waals surface area contributed by atoms with Gasteiger partial charge in [-0.2, -0.15) is 0 Å². The fourth-order valence-electron chi connectivity index (χ4n) is 3.65. The minimum Gasteiger partial charge on any atom is -0.484 e. The van der Waals surface area contributed by atoms with Crippen LogP contribution in [0.5, 0.6) is 5.75 Å². The van der Waals surface area contributed by atoms with Crippen molar-refractivity contribution in [1.29, 1.82) is 0 Å². The number of hydrogen-bond acceptors (Lipinski definition) is 4. The number of halogens is 1. The van der Waals surface area contributed by atoms with Gasteiger partial charge in [0.1, 0.15) is 5.75 Å². The van der Waals surface area contributed by atoms with E-state index >= 15 is 0 Å². The van der Waals surface area contributed by atoms with E-state index in [-0.39, 0.29) is 36.5 Å². The third-order valence-electron chi connectivity index (χ3n) is 5.39. The minimum absolute atomic E-state index is 0. The van der Waals surface area contributed by atoms with Crippen LogP contribution in [-0.4, -0.2) is 61.6 Å². The molecular formula is C22H36IN5O2. The lowest BCUT2D eigenvalue weighted by atomic mass is 10.2. The van der Waals surface area contributed by atoms with Crippen LogP contribution in [0, 0.1) is 0 Å². The molecule has 0 radical (unpaired) electrons. The molecule has 1 atom stereocenters. The minimum atomic E-state index is -0.0532. The Kier molecular flexibility index (Phi) is 10.7. The van der Waals surface area contributed by atoms with Gasteiger partial charge in [-0.05, 0) is 63.4 Å². The lowest BCUT2D eigenvalue weighted by Gasteiger charge is -2.24. The molecule has 0 spiro atoms. The first kappa shape index (κ1) is 24.7. The molecule has 2 fully saturated rings. The van der Waals surface area contributed by atoms with Crippen molar-refractivity contribution in [3.63, 3.8) is 0 Å². The molecule has 1 amide bonds. The van der Waals surface area contributed by atoms with E-state index in [4.69, 9.17) is 9.73 Å². The summed E-state index contributed by atoms with van der Waals surface area (Å²) in [6.07, 6.45) is 4.69. The van der Waals surface area contributed by atoms with Crippen molar-refractivity contribution in [2.45, 2.75) is 58.2 Å². The van der Waals surface area contributed by atoms with Crippen molar-refractivity contribution in [2.24, 2.45) is 4.99 Å². The zero-order valence-electron chi connectivity index (χ0n) is 18.2. The summed E-state index contributed by atoms with van der Waals surface area (Å²) in [5.74, 6) is 1.49. The quantitative estimate of drug-likeness (QED) is 0.247. The van der Waals surface area contributed by atoms with Gasteiger partial charge in [0.2, 0.25) is 0 Å². The zero-order valence-corrected chi connectivity index (χ0v) is 20.5. The third kappa shape index (κ3) is 8.29. The summed E-state index contributed by atoms with van der Waals surface area (Å²) in [4.78, 5) is 19.0. The molecule has 3 rings (SSSR count). The van der Waals surface area contributed by atoms with Gasteiger partial charge >= 0.3 is 0 Å². The highest BCUT2D eigenvalue weighted by Gasteiger charge is 2.23. The number of carbonyl (C=O) groups is 1. The maximum absolute atomic E-state index is 11.8. The molecule has 8 heteroatoms. The molecule has 1 saturated carbocycles. The second-order valence-electron chi connectivity index (χ2n) is 7.78. The summed E-state index contributed by atoms with van der Waals surface area (Å²) in [7, 11) is 0. The number of benzene rings is 1. The summed E-state index contributed by atoms with van der Waals surface area (Å²) in [5.41, 5.74) is 1.05. The van der Waals surface area contributed by atoms with Crippen molar-refractivity contribution >= 4 is 35.8 Å². The Balaban J connectivity index is 0.00000320. The standard InChI is InChI=1S/C22H35N5O2.HI/c1-3-23-22(25-15-19-8-6-12-27(19)4-2)24-14-17-7-5-9-20(13-17)29-16-21(28)26-18-10-11-18;/h5,7,9,13,18-19H,3-4,6,8,10-12,14-16H2,1-2H3,(H,26,28)(H2,23,24,25);1H. The Morgan fingerprint density at radius 1 is 1.23 bits per heavy atom. The lowest BCUT2D eigenvalue weighted by Crippen LogP contribution is -2.44. The predicted octanol–water partition coefficient (Wildman–Crippen LogP) is 2.50. The Labute approximate surface area is 197 Å². The predicted molar refractivity (Wildman–Crippen MR) is 132 cm³/mol. The van der Waals surface area contributed by atoms with Gasteiger partial charge in [0.15, 0.2) is 12.6 Å².